The Kier molecular flexibility index (Phi) is 5.70. The third-order valence-corrected chi connectivity index (χ3v) is 5.24. The average molecular weight is 441 g/mol. The first-order chi connectivity index (χ1) is 13.3. The fraction of sp³-hybridized carbons (Fsp3) is 0.182. The van der Waals surface area contributed by atoms with Crippen molar-refractivity contribution in [2.45, 2.75) is 6.04 Å². The van der Waals surface area contributed by atoms with Gasteiger partial charge < -0.3 is 14.9 Å². The van der Waals surface area contributed by atoms with Crippen LogP contribution in [0, 0.1) is 0 Å². The van der Waals surface area contributed by atoms with Gasteiger partial charge in [-0.15, -0.1) is 6.58 Å². The zero-order valence-corrected chi connectivity index (χ0v) is 17.3. The minimum Gasteiger partial charge on any atom is -0.507 e. The van der Waals surface area contributed by atoms with E-state index in [0.717, 1.165) is 15.7 Å². The van der Waals surface area contributed by atoms with Crippen molar-refractivity contribution in [3.8, 4) is 0 Å². The fourth-order valence-electron chi connectivity index (χ4n) is 3.27. The lowest BCUT2D eigenvalue weighted by Gasteiger charge is -2.24. The summed E-state index contributed by atoms with van der Waals surface area (Å²) in [6.45, 7) is 3.90. The van der Waals surface area contributed by atoms with Gasteiger partial charge in [-0.1, -0.05) is 46.3 Å². The Morgan fingerprint density at radius 3 is 2.29 bits per heavy atom. The molecule has 0 aliphatic carbocycles. The number of ketones is 1. The second-order valence-corrected chi connectivity index (χ2v) is 7.65. The molecule has 2 aromatic rings. The van der Waals surface area contributed by atoms with Crippen LogP contribution in [0.2, 0.25) is 0 Å². The van der Waals surface area contributed by atoms with Gasteiger partial charge in [0.15, 0.2) is 0 Å². The number of halogens is 1. The van der Waals surface area contributed by atoms with Crippen LogP contribution >= 0.6 is 15.9 Å². The molecular weight excluding hydrogens is 420 g/mol. The molecule has 1 N–H and O–H groups in total. The third-order valence-electron chi connectivity index (χ3n) is 4.71. The number of likely N-dealkylation sites (tertiary alicyclic amines) is 1. The fourth-order valence-corrected chi connectivity index (χ4v) is 3.54. The molecule has 1 amide bonds. The Morgan fingerprint density at radius 2 is 1.75 bits per heavy atom. The molecule has 0 saturated carbocycles. The summed E-state index contributed by atoms with van der Waals surface area (Å²) >= 11 is 3.35. The molecule has 3 rings (SSSR count). The summed E-state index contributed by atoms with van der Waals surface area (Å²) < 4.78 is 0.854. The molecule has 6 heteroatoms. The molecule has 0 bridgehead atoms. The highest BCUT2D eigenvalue weighted by Gasteiger charge is 2.45. The molecule has 5 nitrogen and oxygen atoms in total. The van der Waals surface area contributed by atoms with Crippen molar-refractivity contribution < 1.29 is 14.7 Å². The first-order valence-electron chi connectivity index (χ1n) is 8.77. The van der Waals surface area contributed by atoms with Crippen molar-refractivity contribution in [1.29, 1.82) is 0 Å². The number of rotatable bonds is 5. The number of nitrogens with zero attached hydrogens (tertiary/aromatic N) is 2. The highest BCUT2D eigenvalue weighted by Crippen LogP contribution is 2.39. The molecule has 1 heterocycles. The maximum atomic E-state index is 12.8. The van der Waals surface area contributed by atoms with Gasteiger partial charge in [0.05, 0.1) is 11.6 Å². The topological polar surface area (TPSA) is 60.9 Å². The van der Waals surface area contributed by atoms with E-state index < -0.39 is 17.7 Å². The molecule has 28 heavy (non-hydrogen) atoms. The minimum absolute atomic E-state index is 0.0896. The van der Waals surface area contributed by atoms with Gasteiger partial charge >= 0.3 is 0 Å². The van der Waals surface area contributed by atoms with Gasteiger partial charge in [-0.2, -0.15) is 0 Å². The normalized spacial score (nSPS) is 18.4. The average Bonchev–Trinajstić information content (AvgIpc) is 2.93. The SMILES string of the molecule is C=CCN1C(=O)C(=O)/C(=C(/O)c2ccc(Br)cc2)[C@@H]1c1ccc(N(C)C)cc1. The van der Waals surface area contributed by atoms with E-state index in [-0.39, 0.29) is 17.9 Å². The lowest BCUT2D eigenvalue weighted by atomic mass is 9.95. The van der Waals surface area contributed by atoms with Gasteiger partial charge in [-0.3, -0.25) is 9.59 Å². The first kappa shape index (κ1) is 19.9. The first-order valence-corrected chi connectivity index (χ1v) is 9.57. The summed E-state index contributed by atoms with van der Waals surface area (Å²) in [5, 5.41) is 10.9. The van der Waals surface area contributed by atoms with Gasteiger partial charge in [0, 0.05) is 36.4 Å². The van der Waals surface area contributed by atoms with Crippen LogP contribution in [0.5, 0.6) is 0 Å². The van der Waals surface area contributed by atoms with Gasteiger partial charge in [-0.25, -0.2) is 0 Å². The zero-order chi connectivity index (χ0) is 20.4. The van der Waals surface area contributed by atoms with Crippen LogP contribution in [-0.2, 0) is 9.59 Å². The lowest BCUT2D eigenvalue weighted by Crippen LogP contribution is -2.29. The number of amides is 1. The second kappa shape index (κ2) is 8.02. The van der Waals surface area contributed by atoms with E-state index in [2.05, 4.69) is 22.5 Å². The van der Waals surface area contributed by atoms with Crippen LogP contribution in [0.1, 0.15) is 17.2 Å². The maximum Gasteiger partial charge on any atom is 0.295 e. The standard InChI is InChI=1S/C22H21BrN2O3/c1-4-13-25-19(14-7-11-17(12-8-14)24(2)3)18(21(27)22(25)28)20(26)15-5-9-16(23)10-6-15/h4-12,19,26H,1,13H2,2-3H3/b20-18+/t19-/m0/s1. The largest absolute Gasteiger partial charge is 0.507 e. The number of hydrogen-bond donors (Lipinski definition) is 1. The number of Topliss-reactive ketones (excluding diaryl/α,β-unsaturated/α-hetero) is 1. The maximum absolute atomic E-state index is 12.8. The summed E-state index contributed by atoms with van der Waals surface area (Å²) in [4.78, 5) is 28.8. The Labute approximate surface area is 172 Å². The monoisotopic (exact) mass is 440 g/mol. The molecule has 144 valence electrons. The van der Waals surface area contributed by atoms with Crippen molar-refractivity contribution in [1.82, 2.24) is 4.90 Å². The molecule has 1 aliphatic heterocycles. The van der Waals surface area contributed by atoms with Crippen molar-refractivity contribution in [2.75, 3.05) is 25.5 Å². The van der Waals surface area contributed by atoms with Gasteiger partial charge in [-0.05, 0) is 29.8 Å². The van der Waals surface area contributed by atoms with E-state index in [1.165, 1.54) is 4.90 Å². The van der Waals surface area contributed by atoms with E-state index in [9.17, 15) is 14.7 Å². The van der Waals surface area contributed by atoms with Gasteiger partial charge in [0.2, 0.25) is 0 Å². The van der Waals surface area contributed by atoms with E-state index in [1.807, 2.05) is 43.3 Å². The summed E-state index contributed by atoms with van der Waals surface area (Å²) in [5.74, 6) is -1.51. The zero-order valence-electron chi connectivity index (χ0n) is 15.7. The minimum atomic E-state index is -0.691. The molecule has 0 unspecified atom stereocenters. The quantitative estimate of drug-likeness (QED) is 0.328. The predicted molar refractivity (Wildman–Crippen MR) is 114 cm³/mol. The summed E-state index contributed by atoms with van der Waals surface area (Å²) in [6.07, 6.45) is 1.58. The van der Waals surface area contributed by atoms with E-state index in [4.69, 9.17) is 0 Å². The molecule has 1 aliphatic rings. The third kappa shape index (κ3) is 3.60. The molecule has 1 fully saturated rings. The summed E-state index contributed by atoms with van der Waals surface area (Å²) in [5.41, 5.74) is 2.32. The molecule has 2 aromatic carbocycles. The molecule has 1 atom stereocenters. The molecule has 0 spiro atoms. The highest BCUT2D eigenvalue weighted by molar-refractivity contribution is 9.10. The van der Waals surface area contributed by atoms with Crippen molar-refractivity contribution >= 4 is 39.1 Å². The van der Waals surface area contributed by atoms with Gasteiger partial charge in [0.25, 0.3) is 11.7 Å². The number of carbonyl (C=O) groups is 2. The molecular formula is C22H21BrN2O3. The number of anilines is 1. The predicted octanol–water partition coefficient (Wildman–Crippen LogP) is 4.12. The van der Waals surface area contributed by atoms with Crippen molar-refractivity contribution in [3.63, 3.8) is 0 Å². The van der Waals surface area contributed by atoms with E-state index >= 15 is 0 Å². The van der Waals surface area contributed by atoms with Crippen LogP contribution in [0.4, 0.5) is 5.69 Å². The number of hydrogen-bond acceptors (Lipinski definition) is 4. The Balaban J connectivity index is 2.15. The van der Waals surface area contributed by atoms with Crippen molar-refractivity contribution in [3.05, 3.63) is 82.4 Å². The number of aliphatic hydroxyl groups excluding tert-OH is 1. The van der Waals surface area contributed by atoms with Crippen LogP contribution in [0.15, 0.2) is 71.2 Å². The summed E-state index contributed by atoms with van der Waals surface area (Å²) in [7, 11) is 3.87. The van der Waals surface area contributed by atoms with Crippen LogP contribution in [0.3, 0.4) is 0 Å². The summed E-state index contributed by atoms with van der Waals surface area (Å²) in [6, 6.07) is 13.9. The van der Waals surface area contributed by atoms with Crippen LogP contribution < -0.4 is 4.90 Å². The van der Waals surface area contributed by atoms with E-state index in [1.54, 1.807) is 30.3 Å². The van der Waals surface area contributed by atoms with Crippen LogP contribution in [-0.4, -0.2) is 42.3 Å². The number of aliphatic hydroxyl groups is 1. The van der Waals surface area contributed by atoms with Crippen LogP contribution in [0.25, 0.3) is 5.76 Å². The number of benzene rings is 2. The Bertz CT molecular complexity index is 947. The molecule has 0 aromatic heterocycles. The Hall–Kier alpha value is -2.86. The van der Waals surface area contributed by atoms with E-state index in [0.29, 0.717) is 5.56 Å². The number of carbonyl (C=O) groups excluding carboxylic acids is 2. The smallest absolute Gasteiger partial charge is 0.295 e. The Morgan fingerprint density at radius 1 is 1.14 bits per heavy atom. The van der Waals surface area contributed by atoms with Crippen molar-refractivity contribution in [2.24, 2.45) is 0 Å². The molecule has 0 radical (unpaired) electrons. The van der Waals surface area contributed by atoms with Gasteiger partial charge in [0.1, 0.15) is 5.76 Å². The lowest BCUT2D eigenvalue weighted by molar-refractivity contribution is -0.139. The second-order valence-electron chi connectivity index (χ2n) is 6.73. The highest BCUT2D eigenvalue weighted by atomic mass is 79.9. The molecule has 1 saturated heterocycles.